The average molecular weight is 363 g/mol. The Morgan fingerprint density at radius 2 is 1.92 bits per heavy atom. The van der Waals surface area contributed by atoms with Crippen LogP contribution in [0.25, 0.3) is 6.08 Å². The normalized spacial score (nSPS) is 15.3. The lowest BCUT2D eigenvalue weighted by molar-refractivity contribution is -0.384. The summed E-state index contributed by atoms with van der Waals surface area (Å²) in [7, 11) is 0. The van der Waals surface area contributed by atoms with Crippen LogP contribution in [0, 0.1) is 10.1 Å². The monoisotopic (exact) mass is 362 g/mol. The van der Waals surface area contributed by atoms with E-state index < -0.39 is 10.9 Å². The van der Waals surface area contributed by atoms with E-state index in [0.717, 1.165) is 0 Å². The molecule has 0 spiro atoms. The van der Waals surface area contributed by atoms with E-state index in [1.54, 1.807) is 24.3 Å². The first-order valence-corrected chi connectivity index (χ1v) is 7.42. The van der Waals surface area contributed by atoms with Crippen molar-refractivity contribution in [2.75, 3.05) is 0 Å². The molecule has 1 aliphatic rings. The molecule has 0 fully saturated rings. The molecule has 0 bridgehead atoms. The SMILES string of the molecule is O=C1OC(c2cccc([N+](=O)[O-])c2)=N/C1=C/c1cccc(Cl)c1Cl. The number of nitrogens with zero attached hydrogens (tertiary/aromatic N) is 2. The van der Waals surface area contributed by atoms with E-state index in [9.17, 15) is 14.9 Å². The second-order valence-electron chi connectivity index (χ2n) is 4.79. The minimum atomic E-state index is -0.674. The van der Waals surface area contributed by atoms with Crippen LogP contribution in [-0.4, -0.2) is 16.8 Å². The molecule has 2 aromatic carbocycles. The Labute approximate surface area is 146 Å². The Kier molecular flexibility index (Phi) is 4.33. The Bertz CT molecular complexity index is 922. The molecule has 0 saturated heterocycles. The minimum Gasteiger partial charge on any atom is -0.402 e. The molecule has 0 aromatic heterocycles. The van der Waals surface area contributed by atoms with Gasteiger partial charge >= 0.3 is 5.97 Å². The van der Waals surface area contributed by atoms with Crippen LogP contribution >= 0.6 is 23.2 Å². The van der Waals surface area contributed by atoms with Gasteiger partial charge < -0.3 is 4.74 Å². The topological polar surface area (TPSA) is 81.8 Å². The molecule has 1 aliphatic heterocycles. The number of non-ortho nitro benzene ring substituents is 1. The zero-order valence-corrected chi connectivity index (χ0v) is 13.4. The van der Waals surface area contributed by atoms with Crippen LogP contribution in [0.4, 0.5) is 5.69 Å². The van der Waals surface area contributed by atoms with Gasteiger partial charge in [0, 0.05) is 17.7 Å². The maximum Gasteiger partial charge on any atom is 0.363 e. The predicted molar refractivity (Wildman–Crippen MR) is 90.2 cm³/mol. The van der Waals surface area contributed by atoms with Crippen molar-refractivity contribution in [1.82, 2.24) is 0 Å². The molecular formula is C16H8Cl2N2O4. The predicted octanol–water partition coefficient (Wildman–Crippen LogP) is 4.25. The fourth-order valence-corrected chi connectivity index (χ4v) is 2.43. The van der Waals surface area contributed by atoms with Gasteiger partial charge in [-0.05, 0) is 23.8 Å². The second kappa shape index (κ2) is 6.43. The van der Waals surface area contributed by atoms with Gasteiger partial charge in [-0.3, -0.25) is 10.1 Å². The number of esters is 1. The second-order valence-corrected chi connectivity index (χ2v) is 5.57. The highest BCUT2D eigenvalue weighted by Gasteiger charge is 2.25. The van der Waals surface area contributed by atoms with Gasteiger partial charge in [0.2, 0.25) is 5.90 Å². The standard InChI is InChI=1S/C16H8Cl2N2O4/c17-12-6-2-3-9(14(12)18)8-13-16(21)24-15(19-13)10-4-1-5-11(7-10)20(22)23/h1-8H/b13-8+. The van der Waals surface area contributed by atoms with Crippen LogP contribution in [0.1, 0.15) is 11.1 Å². The highest BCUT2D eigenvalue weighted by molar-refractivity contribution is 6.43. The van der Waals surface area contributed by atoms with Crippen molar-refractivity contribution in [2.24, 2.45) is 4.99 Å². The molecule has 2 aromatic rings. The Morgan fingerprint density at radius 1 is 1.17 bits per heavy atom. The van der Waals surface area contributed by atoms with Crippen LogP contribution in [-0.2, 0) is 9.53 Å². The molecule has 8 heteroatoms. The van der Waals surface area contributed by atoms with Crippen LogP contribution in [0.15, 0.2) is 53.2 Å². The van der Waals surface area contributed by atoms with Crippen molar-refractivity contribution in [3.63, 3.8) is 0 Å². The molecule has 0 radical (unpaired) electrons. The van der Waals surface area contributed by atoms with Gasteiger partial charge in [-0.2, -0.15) is 0 Å². The smallest absolute Gasteiger partial charge is 0.363 e. The van der Waals surface area contributed by atoms with E-state index in [2.05, 4.69) is 4.99 Å². The summed E-state index contributed by atoms with van der Waals surface area (Å²) in [6.07, 6.45) is 1.45. The number of nitro benzene ring substituents is 1. The van der Waals surface area contributed by atoms with Crippen LogP contribution < -0.4 is 0 Å². The molecular weight excluding hydrogens is 355 g/mol. The summed E-state index contributed by atoms with van der Waals surface area (Å²) in [6, 6.07) is 10.6. The van der Waals surface area contributed by atoms with Gasteiger partial charge in [0.15, 0.2) is 5.70 Å². The summed E-state index contributed by atoms with van der Waals surface area (Å²) in [4.78, 5) is 26.3. The van der Waals surface area contributed by atoms with Crippen LogP contribution in [0.5, 0.6) is 0 Å². The third-order valence-electron chi connectivity index (χ3n) is 3.20. The number of hydrogen-bond donors (Lipinski definition) is 0. The number of cyclic esters (lactones) is 1. The maximum absolute atomic E-state index is 12.0. The quantitative estimate of drug-likeness (QED) is 0.353. The van der Waals surface area contributed by atoms with Crippen molar-refractivity contribution < 1.29 is 14.5 Å². The van der Waals surface area contributed by atoms with Crippen LogP contribution in [0.2, 0.25) is 10.0 Å². The number of nitro groups is 1. The summed E-state index contributed by atoms with van der Waals surface area (Å²) in [6.45, 7) is 0. The zero-order chi connectivity index (χ0) is 17.3. The molecule has 1 heterocycles. The van der Waals surface area contributed by atoms with Crippen molar-refractivity contribution in [3.8, 4) is 0 Å². The van der Waals surface area contributed by atoms with Crippen molar-refractivity contribution in [1.29, 1.82) is 0 Å². The Morgan fingerprint density at radius 3 is 2.67 bits per heavy atom. The lowest BCUT2D eigenvalue weighted by Gasteiger charge is -2.00. The van der Waals surface area contributed by atoms with E-state index >= 15 is 0 Å². The van der Waals surface area contributed by atoms with E-state index in [0.29, 0.717) is 21.2 Å². The number of aliphatic imine (C=N–C) groups is 1. The highest BCUT2D eigenvalue weighted by atomic mass is 35.5. The van der Waals surface area contributed by atoms with E-state index in [1.807, 2.05) is 0 Å². The Hall–Kier alpha value is -2.70. The largest absolute Gasteiger partial charge is 0.402 e. The summed E-state index contributed by atoms with van der Waals surface area (Å²) in [5.74, 6) is -0.680. The first-order valence-electron chi connectivity index (χ1n) is 6.67. The molecule has 24 heavy (non-hydrogen) atoms. The van der Waals surface area contributed by atoms with Crippen LogP contribution in [0.3, 0.4) is 0 Å². The summed E-state index contributed by atoms with van der Waals surface area (Å²) in [5, 5.41) is 11.5. The number of carbonyl (C=O) groups excluding carboxylic acids is 1. The van der Waals surface area contributed by atoms with Gasteiger partial charge in [0.1, 0.15) is 0 Å². The number of halogens is 2. The molecule has 0 aliphatic carbocycles. The van der Waals surface area contributed by atoms with Crippen molar-refractivity contribution >= 4 is 46.8 Å². The van der Waals surface area contributed by atoms with Gasteiger partial charge in [-0.25, -0.2) is 9.79 Å². The number of carbonyl (C=O) groups is 1. The number of rotatable bonds is 3. The fraction of sp³-hybridized carbons (Fsp3) is 0. The molecule has 0 N–H and O–H groups in total. The lowest BCUT2D eigenvalue weighted by atomic mass is 10.2. The molecule has 3 rings (SSSR count). The molecule has 120 valence electrons. The number of ether oxygens (including phenoxy) is 1. The zero-order valence-electron chi connectivity index (χ0n) is 11.9. The summed E-state index contributed by atoms with van der Waals surface area (Å²) >= 11 is 12.0. The minimum absolute atomic E-state index is 0.00639. The van der Waals surface area contributed by atoms with E-state index in [4.69, 9.17) is 27.9 Å². The number of benzene rings is 2. The lowest BCUT2D eigenvalue weighted by Crippen LogP contribution is -2.05. The molecule has 0 saturated carbocycles. The highest BCUT2D eigenvalue weighted by Crippen LogP contribution is 2.29. The Balaban J connectivity index is 1.99. The van der Waals surface area contributed by atoms with Gasteiger partial charge in [0.05, 0.1) is 15.0 Å². The van der Waals surface area contributed by atoms with Gasteiger partial charge in [-0.15, -0.1) is 0 Å². The average Bonchev–Trinajstić information content (AvgIpc) is 2.93. The van der Waals surface area contributed by atoms with Gasteiger partial charge in [-0.1, -0.05) is 41.4 Å². The van der Waals surface area contributed by atoms with E-state index in [-0.39, 0.29) is 17.3 Å². The van der Waals surface area contributed by atoms with Crippen molar-refractivity contribution in [3.05, 3.63) is 79.4 Å². The molecule has 6 nitrogen and oxygen atoms in total. The first-order chi connectivity index (χ1) is 11.5. The molecule has 0 unspecified atom stereocenters. The molecule has 0 amide bonds. The summed E-state index contributed by atoms with van der Waals surface area (Å²) < 4.78 is 5.08. The van der Waals surface area contributed by atoms with Gasteiger partial charge in [0.25, 0.3) is 5.69 Å². The number of hydrogen-bond acceptors (Lipinski definition) is 5. The molecule has 0 atom stereocenters. The fourth-order valence-electron chi connectivity index (χ4n) is 2.06. The third-order valence-corrected chi connectivity index (χ3v) is 4.03. The summed E-state index contributed by atoms with van der Waals surface area (Å²) in [5.41, 5.74) is 0.750. The van der Waals surface area contributed by atoms with Crippen molar-refractivity contribution in [2.45, 2.75) is 0 Å². The third kappa shape index (κ3) is 3.15. The van der Waals surface area contributed by atoms with E-state index in [1.165, 1.54) is 24.3 Å². The maximum atomic E-state index is 12.0. The first kappa shape index (κ1) is 16.2.